The van der Waals surface area contributed by atoms with E-state index in [1.807, 2.05) is 19.0 Å². The molecule has 1 atom stereocenters. The van der Waals surface area contributed by atoms with Gasteiger partial charge in [-0.2, -0.15) is 4.31 Å². The molecule has 0 amide bonds. The first-order chi connectivity index (χ1) is 12.0. The topological polar surface area (TPSA) is 70.1 Å². The lowest BCUT2D eigenvalue weighted by molar-refractivity contribution is -0.274. The van der Waals surface area contributed by atoms with Gasteiger partial charge in [0.1, 0.15) is 5.75 Å². The number of piperidine rings is 1. The van der Waals surface area contributed by atoms with Gasteiger partial charge in [-0.1, -0.05) is 6.07 Å². The van der Waals surface area contributed by atoms with E-state index in [2.05, 4.69) is 4.74 Å². The molecule has 2 rings (SSSR count). The minimum atomic E-state index is -4.90. The number of benzene rings is 1. The quantitative estimate of drug-likeness (QED) is 0.796. The predicted molar refractivity (Wildman–Crippen MR) is 89.2 cm³/mol. The standard InChI is InChI=1S/C16H23F3N2O4S/c1-20(2)10-15(12-22)7-4-8-21(11-15)26(23,24)14-6-3-5-13(9-14)25-16(17,18)19/h3,5-6,9,22H,4,7-8,10-12H2,1-2H3. The lowest BCUT2D eigenvalue weighted by atomic mass is 9.81. The summed E-state index contributed by atoms with van der Waals surface area (Å²) in [5, 5.41) is 9.82. The molecule has 1 aliphatic heterocycles. The van der Waals surface area contributed by atoms with Crippen LogP contribution in [0.5, 0.6) is 5.75 Å². The van der Waals surface area contributed by atoms with Crippen LogP contribution in [0.2, 0.25) is 0 Å². The number of aliphatic hydroxyl groups is 1. The third kappa shape index (κ3) is 5.09. The third-order valence-corrected chi connectivity index (χ3v) is 6.13. The van der Waals surface area contributed by atoms with Crippen LogP contribution in [0.25, 0.3) is 0 Å². The van der Waals surface area contributed by atoms with Gasteiger partial charge in [-0.3, -0.25) is 0 Å². The minimum absolute atomic E-state index is 0.106. The summed E-state index contributed by atoms with van der Waals surface area (Å²) in [6, 6.07) is 4.35. The SMILES string of the molecule is CN(C)CC1(CO)CCCN(S(=O)(=O)c2cccc(OC(F)(F)F)c2)C1. The van der Waals surface area contributed by atoms with Gasteiger partial charge in [0.05, 0.1) is 11.5 Å². The number of nitrogens with zero attached hydrogens (tertiary/aromatic N) is 2. The molecule has 1 aromatic rings. The summed E-state index contributed by atoms with van der Waals surface area (Å²) in [7, 11) is -0.328. The van der Waals surface area contributed by atoms with Gasteiger partial charge in [0.25, 0.3) is 0 Å². The summed E-state index contributed by atoms with van der Waals surface area (Å²) in [6.45, 7) is 0.692. The van der Waals surface area contributed by atoms with E-state index in [0.717, 1.165) is 12.1 Å². The fourth-order valence-electron chi connectivity index (χ4n) is 3.33. The number of halogens is 3. The predicted octanol–water partition coefficient (Wildman–Crippen LogP) is 1.91. The van der Waals surface area contributed by atoms with Crippen LogP contribution in [-0.4, -0.2) is 69.4 Å². The zero-order valence-corrected chi connectivity index (χ0v) is 15.5. The van der Waals surface area contributed by atoms with Gasteiger partial charge in [0.15, 0.2) is 0 Å². The van der Waals surface area contributed by atoms with Gasteiger partial charge in [0, 0.05) is 31.1 Å². The van der Waals surface area contributed by atoms with E-state index in [-0.39, 0.29) is 24.6 Å². The van der Waals surface area contributed by atoms with Crippen molar-refractivity contribution in [3.8, 4) is 5.75 Å². The zero-order chi connectivity index (χ0) is 19.6. The van der Waals surface area contributed by atoms with Gasteiger partial charge in [0.2, 0.25) is 10.0 Å². The zero-order valence-electron chi connectivity index (χ0n) is 14.7. The minimum Gasteiger partial charge on any atom is -0.406 e. The molecule has 1 unspecified atom stereocenters. The highest BCUT2D eigenvalue weighted by molar-refractivity contribution is 7.89. The summed E-state index contributed by atoms with van der Waals surface area (Å²) in [5.41, 5.74) is -0.602. The summed E-state index contributed by atoms with van der Waals surface area (Å²) in [6.07, 6.45) is -3.66. The van der Waals surface area contributed by atoms with Crippen molar-refractivity contribution < 1.29 is 31.4 Å². The highest BCUT2D eigenvalue weighted by atomic mass is 32.2. The molecule has 1 aromatic carbocycles. The van der Waals surface area contributed by atoms with Crippen LogP contribution in [0.15, 0.2) is 29.2 Å². The third-order valence-electron chi connectivity index (χ3n) is 4.29. The van der Waals surface area contributed by atoms with E-state index in [1.165, 1.54) is 16.4 Å². The second kappa shape index (κ2) is 7.71. The number of rotatable bonds is 6. The molecular formula is C16H23F3N2O4S. The second-order valence-electron chi connectivity index (χ2n) is 6.86. The Morgan fingerprint density at radius 2 is 2.04 bits per heavy atom. The molecule has 6 nitrogen and oxygen atoms in total. The maximum Gasteiger partial charge on any atom is 0.573 e. The molecule has 0 spiro atoms. The molecule has 1 aliphatic rings. The lowest BCUT2D eigenvalue weighted by Gasteiger charge is -2.42. The van der Waals surface area contributed by atoms with Crippen LogP contribution < -0.4 is 4.74 Å². The molecule has 1 heterocycles. The van der Waals surface area contributed by atoms with Crippen molar-refractivity contribution >= 4 is 10.0 Å². The molecule has 1 saturated heterocycles. The summed E-state index contributed by atoms with van der Waals surface area (Å²) >= 11 is 0. The summed E-state index contributed by atoms with van der Waals surface area (Å²) in [5.74, 6) is -0.586. The van der Waals surface area contributed by atoms with Crippen LogP contribution in [-0.2, 0) is 10.0 Å². The maximum atomic E-state index is 12.9. The average molecular weight is 396 g/mol. The van der Waals surface area contributed by atoms with Crippen molar-refractivity contribution in [1.29, 1.82) is 0 Å². The van der Waals surface area contributed by atoms with Crippen molar-refractivity contribution in [3.05, 3.63) is 24.3 Å². The van der Waals surface area contributed by atoms with Crippen molar-refractivity contribution in [2.24, 2.45) is 5.41 Å². The number of alkyl halides is 3. The molecule has 1 N–H and O–H groups in total. The Morgan fingerprint density at radius 3 is 2.62 bits per heavy atom. The summed E-state index contributed by atoms with van der Waals surface area (Å²) < 4.78 is 67.9. The second-order valence-corrected chi connectivity index (χ2v) is 8.80. The van der Waals surface area contributed by atoms with Crippen LogP contribution in [0, 0.1) is 5.41 Å². The number of sulfonamides is 1. The first kappa shape index (κ1) is 20.9. The fraction of sp³-hybridized carbons (Fsp3) is 0.625. The van der Waals surface area contributed by atoms with Gasteiger partial charge in [-0.05, 0) is 39.1 Å². The molecule has 26 heavy (non-hydrogen) atoms. The lowest BCUT2D eigenvalue weighted by Crippen LogP contribution is -2.51. The smallest absolute Gasteiger partial charge is 0.406 e. The van der Waals surface area contributed by atoms with Crippen LogP contribution in [0.1, 0.15) is 12.8 Å². The number of hydrogen-bond donors (Lipinski definition) is 1. The van der Waals surface area contributed by atoms with E-state index in [1.54, 1.807) is 0 Å². The number of aliphatic hydroxyl groups excluding tert-OH is 1. The van der Waals surface area contributed by atoms with E-state index in [4.69, 9.17) is 0 Å². The molecule has 10 heteroatoms. The highest BCUT2D eigenvalue weighted by Crippen LogP contribution is 2.34. The molecule has 0 bridgehead atoms. The first-order valence-corrected chi connectivity index (χ1v) is 9.53. The van der Waals surface area contributed by atoms with E-state index in [0.29, 0.717) is 19.4 Å². The highest BCUT2D eigenvalue weighted by Gasteiger charge is 2.40. The van der Waals surface area contributed by atoms with Gasteiger partial charge in [-0.25, -0.2) is 8.42 Å². The number of ether oxygens (including phenoxy) is 1. The molecule has 0 radical (unpaired) electrons. The fourth-order valence-corrected chi connectivity index (χ4v) is 4.95. The van der Waals surface area contributed by atoms with Gasteiger partial charge in [-0.15, -0.1) is 13.2 Å². The van der Waals surface area contributed by atoms with Crippen molar-refractivity contribution in [1.82, 2.24) is 9.21 Å². The normalized spacial score (nSPS) is 22.6. The van der Waals surface area contributed by atoms with Crippen molar-refractivity contribution in [2.75, 3.05) is 40.3 Å². The van der Waals surface area contributed by atoms with E-state index < -0.39 is 27.6 Å². The molecule has 148 valence electrons. The van der Waals surface area contributed by atoms with Gasteiger partial charge < -0.3 is 14.7 Å². The average Bonchev–Trinajstić information content (AvgIpc) is 2.53. The first-order valence-electron chi connectivity index (χ1n) is 8.09. The Bertz CT molecular complexity index is 724. The van der Waals surface area contributed by atoms with Crippen molar-refractivity contribution in [2.45, 2.75) is 24.1 Å². The van der Waals surface area contributed by atoms with Crippen LogP contribution in [0.3, 0.4) is 0 Å². The van der Waals surface area contributed by atoms with E-state index >= 15 is 0 Å². The molecule has 0 aromatic heterocycles. The Hall–Kier alpha value is -1.36. The molecular weight excluding hydrogens is 373 g/mol. The Labute approximate surface area is 151 Å². The Morgan fingerprint density at radius 1 is 1.35 bits per heavy atom. The van der Waals surface area contributed by atoms with Crippen LogP contribution in [0.4, 0.5) is 13.2 Å². The Balaban J connectivity index is 2.28. The molecule has 0 aliphatic carbocycles. The largest absolute Gasteiger partial charge is 0.573 e. The monoisotopic (exact) mass is 396 g/mol. The summed E-state index contributed by atoms with van der Waals surface area (Å²) in [4.78, 5) is 1.61. The van der Waals surface area contributed by atoms with Crippen molar-refractivity contribution in [3.63, 3.8) is 0 Å². The number of hydrogen-bond acceptors (Lipinski definition) is 5. The van der Waals surface area contributed by atoms with E-state index in [9.17, 15) is 26.7 Å². The van der Waals surface area contributed by atoms with Gasteiger partial charge >= 0.3 is 6.36 Å². The molecule has 0 saturated carbocycles. The van der Waals surface area contributed by atoms with Crippen LogP contribution >= 0.6 is 0 Å². The Kier molecular flexibility index (Phi) is 6.21. The maximum absolute atomic E-state index is 12.9. The molecule has 1 fully saturated rings.